The van der Waals surface area contributed by atoms with Gasteiger partial charge < -0.3 is 15.0 Å². The molecule has 0 spiro atoms. The van der Waals surface area contributed by atoms with Crippen LogP contribution in [0.25, 0.3) is 5.57 Å². The second-order valence-corrected chi connectivity index (χ2v) is 5.43. The van der Waals surface area contributed by atoms with Crippen LogP contribution >= 0.6 is 0 Å². The Hall–Kier alpha value is -2.82. The number of hydrogen-bond donors (Lipinski definition) is 1. The van der Waals surface area contributed by atoms with Gasteiger partial charge >= 0.3 is 0 Å². The van der Waals surface area contributed by atoms with Gasteiger partial charge in [-0.3, -0.25) is 9.59 Å². The summed E-state index contributed by atoms with van der Waals surface area (Å²) in [6.07, 6.45) is 5.25. The average molecular weight is 326 g/mol. The summed E-state index contributed by atoms with van der Waals surface area (Å²) in [4.78, 5) is 26.5. The smallest absolute Gasteiger partial charge is 0.247 e. The van der Waals surface area contributed by atoms with Gasteiger partial charge in [0.25, 0.3) is 0 Å². The van der Waals surface area contributed by atoms with Gasteiger partial charge in [-0.15, -0.1) is 13.2 Å². The Kier molecular flexibility index (Phi) is 5.95. The molecule has 0 aliphatic carbocycles. The minimum atomic E-state index is -0.568. The van der Waals surface area contributed by atoms with E-state index in [0.717, 1.165) is 11.1 Å². The van der Waals surface area contributed by atoms with E-state index in [2.05, 4.69) is 18.5 Å². The van der Waals surface area contributed by atoms with E-state index in [-0.39, 0.29) is 11.8 Å². The molecule has 0 saturated carbocycles. The highest BCUT2D eigenvalue weighted by atomic mass is 16.5. The zero-order valence-electron chi connectivity index (χ0n) is 13.8. The molecule has 1 aromatic carbocycles. The molecule has 1 N–H and O–H groups in total. The van der Waals surface area contributed by atoms with E-state index < -0.39 is 6.04 Å². The van der Waals surface area contributed by atoms with Crippen molar-refractivity contribution in [2.45, 2.75) is 12.5 Å². The van der Waals surface area contributed by atoms with Crippen LogP contribution in [0, 0.1) is 0 Å². The van der Waals surface area contributed by atoms with Crippen LogP contribution in [0.15, 0.2) is 55.7 Å². The van der Waals surface area contributed by atoms with Crippen LogP contribution in [-0.2, 0) is 9.59 Å². The largest absolute Gasteiger partial charge is 0.497 e. The van der Waals surface area contributed by atoms with Gasteiger partial charge in [-0.05, 0) is 23.3 Å². The zero-order chi connectivity index (χ0) is 17.5. The van der Waals surface area contributed by atoms with Gasteiger partial charge in [-0.2, -0.15) is 0 Å². The zero-order valence-corrected chi connectivity index (χ0v) is 13.8. The van der Waals surface area contributed by atoms with E-state index in [9.17, 15) is 9.59 Å². The molecular weight excluding hydrogens is 304 g/mol. The molecular formula is C19H22N2O3. The van der Waals surface area contributed by atoms with Crippen molar-refractivity contribution < 1.29 is 14.3 Å². The number of carbonyl (C=O) groups is 2. The Labute approximate surface area is 142 Å². The summed E-state index contributed by atoms with van der Waals surface area (Å²) < 4.78 is 5.23. The molecule has 0 bridgehead atoms. The Balaban J connectivity index is 2.32. The summed E-state index contributed by atoms with van der Waals surface area (Å²) in [5, 5.41) is 2.77. The fourth-order valence-electron chi connectivity index (χ4n) is 2.67. The lowest BCUT2D eigenvalue weighted by Crippen LogP contribution is -2.51. The SMILES string of the molecule is C=CCNC(=O)C1CC(c2cccc(OC)c2)=CC(=O)N1CC=C. The molecule has 1 atom stereocenters. The Morgan fingerprint density at radius 1 is 1.42 bits per heavy atom. The number of nitrogens with zero attached hydrogens (tertiary/aromatic N) is 1. The monoisotopic (exact) mass is 326 g/mol. The fraction of sp³-hybridized carbons (Fsp3) is 0.263. The molecule has 2 rings (SSSR count). The molecule has 126 valence electrons. The molecule has 5 heteroatoms. The van der Waals surface area contributed by atoms with Crippen LogP contribution in [-0.4, -0.2) is 43.0 Å². The van der Waals surface area contributed by atoms with E-state index in [1.807, 2.05) is 24.3 Å². The van der Waals surface area contributed by atoms with Crippen molar-refractivity contribution in [2.75, 3.05) is 20.2 Å². The van der Waals surface area contributed by atoms with E-state index >= 15 is 0 Å². The second-order valence-electron chi connectivity index (χ2n) is 5.43. The Morgan fingerprint density at radius 3 is 2.88 bits per heavy atom. The lowest BCUT2D eigenvalue weighted by atomic mass is 9.93. The van der Waals surface area contributed by atoms with Crippen LogP contribution in [0.2, 0.25) is 0 Å². The minimum absolute atomic E-state index is 0.196. The molecule has 5 nitrogen and oxygen atoms in total. The number of carbonyl (C=O) groups excluding carboxylic acids is 2. The van der Waals surface area contributed by atoms with E-state index in [0.29, 0.717) is 25.3 Å². The third-order valence-electron chi connectivity index (χ3n) is 3.86. The second kappa shape index (κ2) is 8.15. The van der Waals surface area contributed by atoms with Crippen molar-refractivity contribution in [1.82, 2.24) is 10.2 Å². The van der Waals surface area contributed by atoms with E-state index in [1.54, 1.807) is 25.3 Å². The van der Waals surface area contributed by atoms with Crippen LogP contribution in [0.3, 0.4) is 0 Å². The summed E-state index contributed by atoms with van der Waals surface area (Å²) in [6.45, 7) is 7.95. The first-order valence-corrected chi connectivity index (χ1v) is 7.75. The summed E-state index contributed by atoms with van der Waals surface area (Å²) in [5.74, 6) is 0.318. The van der Waals surface area contributed by atoms with Crippen LogP contribution < -0.4 is 10.1 Å². The number of rotatable bonds is 7. The molecule has 1 aliphatic heterocycles. The van der Waals surface area contributed by atoms with Crippen molar-refractivity contribution in [2.24, 2.45) is 0 Å². The number of methoxy groups -OCH3 is 1. The lowest BCUT2D eigenvalue weighted by molar-refractivity contribution is -0.136. The van der Waals surface area contributed by atoms with Gasteiger partial charge in [-0.25, -0.2) is 0 Å². The van der Waals surface area contributed by atoms with Crippen molar-refractivity contribution in [3.63, 3.8) is 0 Å². The van der Waals surface area contributed by atoms with Gasteiger partial charge in [0.15, 0.2) is 0 Å². The lowest BCUT2D eigenvalue weighted by Gasteiger charge is -2.33. The van der Waals surface area contributed by atoms with Crippen molar-refractivity contribution in [3.8, 4) is 5.75 Å². The van der Waals surface area contributed by atoms with Gasteiger partial charge in [0.05, 0.1) is 7.11 Å². The average Bonchev–Trinajstić information content (AvgIpc) is 2.61. The first-order valence-electron chi connectivity index (χ1n) is 7.75. The first kappa shape index (κ1) is 17.5. The van der Waals surface area contributed by atoms with Crippen LogP contribution in [0.1, 0.15) is 12.0 Å². The fourth-order valence-corrected chi connectivity index (χ4v) is 2.67. The summed E-state index contributed by atoms with van der Waals surface area (Å²) in [7, 11) is 1.59. The molecule has 0 saturated heterocycles. The number of amides is 2. The molecule has 1 heterocycles. The number of ether oxygens (including phenoxy) is 1. The van der Waals surface area contributed by atoms with E-state index in [4.69, 9.17) is 4.74 Å². The first-order chi connectivity index (χ1) is 11.6. The third-order valence-corrected chi connectivity index (χ3v) is 3.86. The van der Waals surface area contributed by atoms with Crippen LogP contribution in [0.4, 0.5) is 0 Å². The molecule has 0 fully saturated rings. The standard InChI is InChI=1S/C19H22N2O3/c1-4-9-20-19(23)17-12-15(13-18(22)21(17)10-5-2)14-7-6-8-16(11-14)24-3/h4-8,11,13,17H,1-2,9-10,12H2,3H3,(H,20,23). The summed E-state index contributed by atoms with van der Waals surface area (Å²) in [5.41, 5.74) is 1.69. The quantitative estimate of drug-likeness (QED) is 0.781. The molecule has 1 aromatic rings. The van der Waals surface area contributed by atoms with Gasteiger partial charge in [0.1, 0.15) is 11.8 Å². The maximum atomic E-state index is 12.5. The summed E-state index contributed by atoms with van der Waals surface area (Å²) >= 11 is 0. The number of nitrogens with one attached hydrogen (secondary N) is 1. The highest BCUT2D eigenvalue weighted by Crippen LogP contribution is 2.29. The van der Waals surface area contributed by atoms with Crippen molar-refractivity contribution >= 4 is 17.4 Å². The molecule has 0 radical (unpaired) electrons. The Morgan fingerprint density at radius 2 is 2.21 bits per heavy atom. The van der Waals surface area contributed by atoms with Crippen LogP contribution in [0.5, 0.6) is 5.75 Å². The minimum Gasteiger partial charge on any atom is -0.497 e. The topological polar surface area (TPSA) is 58.6 Å². The normalized spacial score (nSPS) is 17.0. The third kappa shape index (κ3) is 3.93. The van der Waals surface area contributed by atoms with Gasteiger partial charge in [-0.1, -0.05) is 24.3 Å². The van der Waals surface area contributed by atoms with Gasteiger partial charge in [0.2, 0.25) is 11.8 Å². The Bertz CT molecular complexity index is 679. The molecule has 0 aromatic heterocycles. The predicted molar refractivity (Wildman–Crippen MR) is 94.5 cm³/mol. The van der Waals surface area contributed by atoms with Crippen molar-refractivity contribution in [3.05, 3.63) is 61.2 Å². The van der Waals surface area contributed by atoms with Crippen molar-refractivity contribution in [1.29, 1.82) is 0 Å². The highest BCUT2D eigenvalue weighted by molar-refractivity contribution is 6.02. The molecule has 1 unspecified atom stereocenters. The van der Waals surface area contributed by atoms with Gasteiger partial charge in [0, 0.05) is 25.6 Å². The van der Waals surface area contributed by atoms with E-state index in [1.165, 1.54) is 4.90 Å². The highest BCUT2D eigenvalue weighted by Gasteiger charge is 2.33. The maximum Gasteiger partial charge on any atom is 0.247 e. The number of benzene rings is 1. The molecule has 2 amide bonds. The number of hydrogen-bond acceptors (Lipinski definition) is 3. The maximum absolute atomic E-state index is 12.5. The molecule has 24 heavy (non-hydrogen) atoms. The summed E-state index contributed by atoms with van der Waals surface area (Å²) in [6, 6.07) is 6.90. The predicted octanol–water partition coefficient (Wildman–Crippen LogP) is 2.17. The molecule has 1 aliphatic rings.